The number of benzene rings is 1. The maximum Gasteiger partial charge on any atom is 0.323 e. The topological polar surface area (TPSA) is 143 Å². The first-order chi connectivity index (χ1) is 15.5. The predicted octanol–water partition coefficient (Wildman–Crippen LogP) is 1.86. The van der Waals surface area contributed by atoms with Crippen molar-refractivity contribution in [2.45, 2.75) is 6.42 Å². The number of rotatable bonds is 7. The Labute approximate surface area is 196 Å². The standard InChI is InChI=1S/C18H15FN2O9S3/c19-9(4-14-16(24)21(7-15(22)23)18(31)32-14)17-20(2-1-3-33(25,26)27)10-5-12-13(29-8-28-12)6-11(10)30-17/h4-6H,1-3,7-8H2,(H,22,23)(H,25,26,27). The first-order valence-electron chi connectivity index (χ1n) is 9.24. The molecule has 0 atom stereocenters. The van der Waals surface area contributed by atoms with E-state index >= 15 is 4.39 Å². The van der Waals surface area contributed by atoms with Gasteiger partial charge in [-0.3, -0.25) is 19.0 Å². The van der Waals surface area contributed by atoms with Gasteiger partial charge in [0.2, 0.25) is 12.7 Å². The zero-order valence-corrected chi connectivity index (χ0v) is 19.0. The summed E-state index contributed by atoms with van der Waals surface area (Å²) >= 11 is 5.74. The highest BCUT2D eigenvalue weighted by Crippen LogP contribution is 2.48. The molecule has 0 aromatic heterocycles. The molecule has 33 heavy (non-hydrogen) atoms. The number of aliphatic carboxylic acids is 1. The quantitative estimate of drug-likeness (QED) is 0.309. The van der Waals surface area contributed by atoms with Gasteiger partial charge in [0.25, 0.3) is 16.0 Å². The van der Waals surface area contributed by atoms with Crippen molar-refractivity contribution >= 4 is 56.0 Å². The van der Waals surface area contributed by atoms with E-state index in [1.165, 1.54) is 17.0 Å². The van der Waals surface area contributed by atoms with E-state index < -0.39 is 40.1 Å². The molecule has 0 unspecified atom stereocenters. The number of carbonyl (C=O) groups excluding carboxylic acids is 1. The molecule has 0 aliphatic carbocycles. The van der Waals surface area contributed by atoms with Crippen molar-refractivity contribution in [2.24, 2.45) is 0 Å². The second kappa shape index (κ2) is 8.81. The molecule has 2 N–H and O–H groups in total. The third-order valence-electron chi connectivity index (χ3n) is 4.61. The average molecular weight is 519 g/mol. The Bertz CT molecular complexity index is 1230. The monoisotopic (exact) mass is 518 g/mol. The van der Waals surface area contributed by atoms with Gasteiger partial charge in [-0.25, -0.2) is 4.39 Å². The minimum atomic E-state index is -4.24. The van der Waals surface area contributed by atoms with Crippen LogP contribution in [-0.4, -0.2) is 64.8 Å². The number of carbonyl (C=O) groups is 2. The average Bonchev–Trinajstić information content (AvgIpc) is 3.38. The molecule has 0 radical (unpaired) electrons. The molecule has 3 heterocycles. The summed E-state index contributed by atoms with van der Waals surface area (Å²) in [6.45, 7) is -0.714. The number of ether oxygens (including phenoxy) is 3. The van der Waals surface area contributed by atoms with Crippen LogP contribution >= 0.6 is 24.0 Å². The maximum absolute atomic E-state index is 15.3. The summed E-state index contributed by atoms with van der Waals surface area (Å²) in [6.07, 6.45) is 0.812. The Hall–Kier alpha value is -2.88. The highest BCUT2D eigenvalue weighted by molar-refractivity contribution is 8.26. The molecule has 1 amide bonds. The Morgan fingerprint density at radius 1 is 1.24 bits per heavy atom. The van der Waals surface area contributed by atoms with Crippen LogP contribution in [0.5, 0.6) is 17.2 Å². The van der Waals surface area contributed by atoms with Crippen LogP contribution in [0.15, 0.2) is 34.8 Å². The zero-order chi connectivity index (χ0) is 23.9. The lowest BCUT2D eigenvalue weighted by molar-refractivity contribution is -0.140. The lowest BCUT2D eigenvalue weighted by atomic mass is 10.2. The largest absolute Gasteiger partial charge is 0.480 e. The molecular formula is C18H15FN2O9S3. The number of amides is 1. The molecule has 176 valence electrons. The van der Waals surface area contributed by atoms with Gasteiger partial charge in [-0.15, -0.1) is 0 Å². The lowest BCUT2D eigenvalue weighted by Gasteiger charge is -2.18. The number of allylic oxidation sites excluding steroid dienone is 2. The van der Waals surface area contributed by atoms with E-state index in [1.807, 2.05) is 0 Å². The fourth-order valence-electron chi connectivity index (χ4n) is 3.23. The van der Waals surface area contributed by atoms with Crippen molar-refractivity contribution in [3.63, 3.8) is 0 Å². The van der Waals surface area contributed by atoms with Crippen molar-refractivity contribution in [2.75, 3.05) is 30.5 Å². The lowest BCUT2D eigenvalue weighted by Crippen LogP contribution is -2.33. The SMILES string of the molecule is O=C(O)CN1C(=O)C(=CC(F)=C2Oc3cc4c(cc3N2CCCS(=O)(=O)O)OCO4)SC1=S. The number of hydrogen-bond acceptors (Lipinski definition) is 10. The van der Waals surface area contributed by atoms with Crippen molar-refractivity contribution in [3.05, 3.63) is 34.8 Å². The minimum absolute atomic E-state index is 0.00374. The van der Waals surface area contributed by atoms with Crippen molar-refractivity contribution < 1.29 is 46.3 Å². The van der Waals surface area contributed by atoms with Crippen LogP contribution in [0, 0.1) is 0 Å². The second-order valence-corrected chi connectivity index (χ2v) is 10.1. The van der Waals surface area contributed by atoms with Gasteiger partial charge in [-0.05, 0) is 12.5 Å². The van der Waals surface area contributed by atoms with Crippen LogP contribution in [0.2, 0.25) is 0 Å². The Kier molecular flexibility index (Phi) is 6.22. The van der Waals surface area contributed by atoms with Crippen molar-refractivity contribution in [3.8, 4) is 17.2 Å². The first kappa shape index (κ1) is 23.3. The van der Waals surface area contributed by atoms with Gasteiger partial charge in [0, 0.05) is 18.7 Å². The molecule has 15 heteroatoms. The van der Waals surface area contributed by atoms with E-state index in [0.29, 0.717) is 17.2 Å². The number of hydrogen-bond donors (Lipinski definition) is 2. The Morgan fingerprint density at radius 3 is 2.61 bits per heavy atom. The van der Waals surface area contributed by atoms with Crippen molar-refractivity contribution in [1.82, 2.24) is 4.90 Å². The fourth-order valence-corrected chi connectivity index (χ4v) is 4.94. The number of nitrogens with zero attached hydrogens (tertiary/aromatic N) is 2. The first-order valence-corrected chi connectivity index (χ1v) is 12.1. The summed E-state index contributed by atoms with van der Waals surface area (Å²) in [4.78, 5) is 25.4. The van der Waals surface area contributed by atoms with Crippen LogP contribution in [0.3, 0.4) is 0 Å². The van der Waals surface area contributed by atoms with E-state index in [-0.39, 0.29) is 40.6 Å². The molecule has 0 spiro atoms. The molecule has 3 aliphatic heterocycles. The maximum atomic E-state index is 15.3. The molecule has 4 rings (SSSR count). The molecule has 1 aromatic carbocycles. The molecule has 0 bridgehead atoms. The number of carboxylic acids is 1. The summed E-state index contributed by atoms with van der Waals surface area (Å²) in [5, 5.41) is 8.92. The number of fused-ring (bicyclic) bond motifs is 2. The third-order valence-corrected chi connectivity index (χ3v) is 6.79. The summed E-state index contributed by atoms with van der Waals surface area (Å²) in [5.74, 6) is -2.94. The summed E-state index contributed by atoms with van der Waals surface area (Å²) in [7, 11) is -4.24. The van der Waals surface area contributed by atoms with Crippen LogP contribution in [-0.2, 0) is 19.7 Å². The molecule has 1 saturated heterocycles. The summed E-state index contributed by atoms with van der Waals surface area (Å²) in [6, 6.07) is 3.03. The van der Waals surface area contributed by atoms with Crippen LogP contribution in [0.4, 0.5) is 10.1 Å². The molecule has 1 fully saturated rings. The van der Waals surface area contributed by atoms with Gasteiger partial charge in [0.1, 0.15) is 10.9 Å². The Morgan fingerprint density at radius 2 is 1.94 bits per heavy atom. The van der Waals surface area contributed by atoms with E-state index in [0.717, 1.165) is 22.7 Å². The third kappa shape index (κ3) is 4.90. The molecule has 1 aromatic rings. The van der Waals surface area contributed by atoms with Gasteiger partial charge < -0.3 is 24.2 Å². The molecule has 3 aliphatic rings. The minimum Gasteiger partial charge on any atom is -0.480 e. The summed E-state index contributed by atoms with van der Waals surface area (Å²) in [5.41, 5.74) is 0.367. The van der Waals surface area contributed by atoms with E-state index in [4.69, 9.17) is 36.1 Å². The molecule has 0 saturated carbocycles. The van der Waals surface area contributed by atoms with Crippen LogP contribution in [0.1, 0.15) is 6.42 Å². The van der Waals surface area contributed by atoms with Gasteiger partial charge in [0.15, 0.2) is 23.1 Å². The van der Waals surface area contributed by atoms with Gasteiger partial charge in [0.05, 0.1) is 16.3 Å². The number of anilines is 1. The number of halogens is 1. The number of thiocarbonyl (C=S) groups is 1. The molecule has 11 nitrogen and oxygen atoms in total. The van der Waals surface area contributed by atoms with E-state index in [9.17, 15) is 18.0 Å². The number of thioether (sulfide) groups is 1. The second-order valence-electron chi connectivity index (χ2n) is 6.88. The fraction of sp³-hybridized carbons (Fsp3) is 0.278. The van der Waals surface area contributed by atoms with E-state index in [2.05, 4.69) is 0 Å². The highest BCUT2D eigenvalue weighted by atomic mass is 32.2. The summed E-state index contributed by atoms with van der Waals surface area (Å²) < 4.78 is 62.7. The normalized spacial score (nSPS) is 19.9. The molecular weight excluding hydrogens is 503 g/mol. The number of carboxylic acid groups (broad SMARTS) is 1. The van der Waals surface area contributed by atoms with Crippen LogP contribution in [0.25, 0.3) is 0 Å². The zero-order valence-electron chi connectivity index (χ0n) is 16.5. The Balaban J connectivity index is 1.66. The van der Waals surface area contributed by atoms with Gasteiger partial charge >= 0.3 is 5.97 Å². The van der Waals surface area contributed by atoms with E-state index in [1.54, 1.807) is 0 Å². The van der Waals surface area contributed by atoms with Crippen molar-refractivity contribution in [1.29, 1.82) is 0 Å². The smallest absolute Gasteiger partial charge is 0.323 e. The van der Waals surface area contributed by atoms with Gasteiger partial charge in [-0.2, -0.15) is 8.42 Å². The predicted molar refractivity (Wildman–Crippen MR) is 117 cm³/mol. The van der Waals surface area contributed by atoms with Crippen LogP contribution < -0.4 is 19.1 Å². The highest BCUT2D eigenvalue weighted by Gasteiger charge is 2.36. The van der Waals surface area contributed by atoms with Gasteiger partial charge in [-0.1, -0.05) is 24.0 Å².